The molecular formula is C14H21ClN4O2. The van der Waals surface area contributed by atoms with Crippen LogP contribution in [0.4, 0.5) is 5.69 Å². The summed E-state index contributed by atoms with van der Waals surface area (Å²) < 4.78 is 1.38. The highest BCUT2D eigenvalue weighted by atomic mass is 35.5. The number of carbonyl (C=O) groups is 1. The summed E-state index contributed by atoms with van der Waals surface area (Å²) in [5.41, 5.74) is 0.229. The van der Waals surface area contributed by atoms with Crippen LogP contribution < -0.4 is 16.2 Å². The normalized spacial score (nSPS) is 14.0. The third-order valence-corrected chi connectivity index (χ3v) is 3.76. The van der Waals surface area contributed by atoms with Crippen molar-refractivity contribution >= 4 is 23.2 Å². The summed E-state index contributed by atoms with van der Waals surface area (Å²) in [7, 11) is 0. The Labute approximate surface area is 128 Å². The summed E-state index contributed by atoms with van der Waals surface area (Å²) in [5.74, 6) is 0.314. The molecule has 21 heavy (non-hydrogen) atoms. The van der Waals surface area contributed by atoms with E-state index in [-0.39, 0.29) is 22.4 Å². The molecule has 1 fully saturated rings. The quantitative estimate of drug-likeness (QED) is 0.715. The van der Waals surface area contributed by atoms with E-state index in [1.165, 1.54) is 4.68 Å². The molecule has 0 aliphatic heterocycles. The molecule has 0 radical (unpaired) electrons. The minimum atomic E-state index is -0.280. The van der Waals surface area contributed by atoms with Gasteiger partial charge in [0.2, 0.25) is 5.91 Å². The Kier molecular flexibility index (Phi) is 5.61. The smallest absolute Gasteiger partial charge is 0.287 e. The van der Waals surface area contributed by atoms with E-state index in [1.807, 2.05) is 0 Å². The van der Waals surface area contributed by atoms with E-state index in [2.05, 4.69) is 22.7 Å². The summed E-state index contributed by atoms with van der Waals surface area (Å²) in [4.78, 5) is 23.4. The lowest BCUT2D eigenvalue weighted by atomic mass is 10.3. The molecule has 0 saturated heterocycles. The van der Waals surface area contributed by atoms with Gasteiger partial charge in [0.05, 0.1) is 11.9 Å². The van der Waals surface area contributed by atoms with Gasteiger partial charge in [0, 0.05) is 25.6 Å². The Morgan fingerprint density at radius 3 is 2.90 bits per heavy atom. The van der Waals surface area contributed by atoms with Crippen molar-refractivity contribution in [2.45, 2.75) is 39.2 Å². The van der Waals surface area contributed by atoms with Gasteiger partial charge in [-0.1, -0.05) is 24.9 Å². The predicted molar refractivity (Wildman–Crippen MR) is 82.6 cm³/mol. The number of carbonyl (C=O) groups excluding carboxylic acids is 1. The van der Waals surface area contributed by atoms with E-state index in [0.29, 0.717) is 25.3 Å². The number of anilines is 1. The fourth-order valence-electron chi connectivity index (χ4n) is 1.93. The van der Waals surface area contributed by atoms with Crippen molar-refractivity contribution in [3.8, 4) is 0 Å². The van der Waals surface area contributed by atoms with Gasteiger partial charge in [-0.3, -0.25) is 9.59 Å². The van der Waals surface area contributed by atoms with Crippen LogP contribution in [0.5, 0.6) is 0 Å². The average molecular weight is 313 g/mol. The molecule has 1 aromatic heterocycles. The van der Waals surface area contributed by atoms with Crippen LogP contribution in [0, 0.1) is 5.92 Å². The van der Waals surface area contributed by atoms with Gasteiger partial charge in [-0.25, -0.2) is 4.68 Å². The number of nitrogens with one attached hydrogen (secondary N) is 2. The number of aromatic nitrogens is 2. The molecule has 1 heterocycles. The maximum absolute atomic E-state index is 12.0. The van der Waals surface area contributed by atoms with Crippen molar-refractivity contribution in [1.29, 1.82) is 0 Å². The lowest BCUT2D eigenvalue weighted by Crippen LogP contribution is -2.30. The van der Waals surface area contributed by atoms with E-state index in [4.69, 9.17) is 11.6 Å². The van der Waals surface area contributed by atoms with Crippen LogP contribution in [0.15, 0.2) is 11.0 Å². The van der Waals surface area contributed by atoms with E-state index < -0.39 is 0 Å². The molecular weight excluding hydrogens is 292 g/mol. The SMILES string of the molecule is CCCCn1ncc(NCCNC(=O)C2CC2)c(Cl)c1=O. The highest BCUT2D eigenvalue weighted by Crippen LogP contribution is 2.28. The first-order chi connectivity index (χ1) is 10.1. The molecule has 6 nitrogen and oxygen atoms in total. The van der Waals surface area contributed by atoms with Gasteiger partial charge in [0.15, 0.2) is 0 Å². The maximum atomic E-state index is 12.0. The Morgan fingerprint density at radius 2 is 2.24 bits per heavy atom. The minimum absolute atomic E-state index is 0.107. The molecule has 7 heteroatoms. The number of unbranched alkanes of at least 4 members (excludes halogenated alkanes) is 1. The number of rotatable bonds is 8. The number of aryl methyl sites for hydroxylation is 1. The zero-order valence-corrected chi connectivity index (χ0v) is 12.9. The Hall–Kier alpha value is -1.56. The highest BCUT2D eigenvalue weighted by Gasteiger charge is 2.28. The van der Waals surface area contributed by atoms with E-state index in [1.54, 1.807) is 6.20 Å². The first kappa shape index (κ1) is 15.8. The Morgan fingerprint density at radius 1 is 1.48 bits per heavy atom. The van der Waals surface area contributed by atoms with Crippen molar-refractivity contribution < 1.29 is 4.79 Å². The molecule has 2 rings (SSSR count). The van der Waals surface area contributed by atoms with Crippen LogP contribution in [0.2, 0.25) is 5.02 Å². The summed E-state index contributed by atoms with van der Waals surface area (Å²) >= 11 is 6.06. The molecule has 0 atom stereocenters. The monoisotopic (exact) mass is 312 g/mol. The van der Waals surface area contributed by atoms with Crippen molar-refractivity contribution in [3.05, 3.63) is 21.6 Å². The first-order valence-electron chi connectivity index (χ1n) is 7.40. The molecule has 116 valence electrons. The second-order valence-electron chi connectivity index (χ2n) is 5.25. The molecule has 1 saturated carbocycles. The molecule has 2 N–H and O–H groups in total. The largest absolute Gasteiger partial charge is 0.381 e. The third-order valence-electron chi connectivity index (χ3n) is 3.40. The molecule has 1 aromatic rings. The van der Waals surface area contributed by atoms with E-state index in [9.17, 15) is 9.59 Å². The first-order valence-corrected chi connectivity index (χ1v) is 7.78. The Bertz CT molecular complexity index is 554. The van der Waals surface area contributed by atoms with E-state index in [0.717, 1.165) is 25.7 Å². The fraction of sp³-hybridized carbons (Fsp3) is 0.643. The van der Waals surface area contributed by atoms with Gasteiger partial charge >= 0.3 is 0 Å². The number of hydrogen-bond acceptors (Lipinski definition) is 4. The van der Waals surface area contributed by atoms with Crippen molar-refractivity contribution in [1.82, 2.24) is 15.1 Å². The summed E-state index contributed by atoms with van der Waals surface area (Å²) in [6, 6.07) is 0. The van der Waals surface area contributed by atoms with Crippen molar-refractivity contribution in [2.24, 2.45) is 5.92 Å². The molecule has 0 bridgehead atoms. The van der Waals surface area contributed by atoms with Gasteiger partial charge < -0.3 is 10.6 Å². The maximum Gasteiger partial charge on any atom is 0.287 e. The average Bonchev–Trinajstić information content (AvgIpc) is 3.31. The molecule has 1 aliphatic rings. The molecule has 1 amide bonds. The predicted octanol–water partition coefficient (Wildman–Crippen LogP) is 1.63. The molecule has 0 aromatic carbocycles. The second kappa shape index (κ2) is 7.45. The van der Waals surface area contributed by atoms with E-state index >= 15 is 0 Å². The lowest BCUT2D eigenvalue weighted by molar-refractivity contribution is -0.122. The standard InChI is InChI=1S/C14H21ClN4O2/c1-2-3-8-19-14(21)12(15)11(9-18-19)16-6-7-17-13(20)10-4-5-10/h9-10,16H,2-8H2,1H3,(H,17,20). The molecule has 0 unspecified atom stereocenters. The number of nitrogens with zero attached hydrogens (tertiary/aromatic N) is 2. The zero-order chi connectivity index (χ0) is 15.2. The van der Waals surface area contributed by atoms with Crippen LogP contribution in [0.3, 0.4) is 0 Å². The van der Waals surface area contributed by atoms with Crippen LogP contribution >= 0.6 is 11.6 Å². The highest BCUT2D eigenvalue weighted by molar-refractivity contribution is 6.32. The lowest BCUT2D eigenvalue weighted by Gasteiger charge is -2.10. The summed E-state index contributed by atoms with van der Waals surface area (Å²) in [5, 5.41) is 10.1. The second-order valence-corrected chi connectivity index (χ2v) is 5.62. The van der Waals surface area contributed by atoms with Crippen LogP contribution in [-0.2, 0) is 11.3 Å². The van der Waals surface area contributed by atoms with Gasteiger partial charge in [0.25, 0.3) is 5.56 Å². The Balaban J connectivity index is 1.83. The van der Waals surface area contributed by atoms with Crippen LogP contribution in [0.1, 0.15) is 32.6 Å². The number of halogens is 1. The molecule has 1 aliphatic carbocycles. The van der Waals surface area contributed by atoms with Crippen LogP contribution in [0.25, 0.3) is 0 Å². The van der Waals surface area contributed by atoms with Gasteiger partial charge in [0.1, 0.15) is 5.02 Å². The van der Waals surface area contributed by atoms with Gasteiger partial charge in [-0.15, -0.1) is 0 Å². The van der Waals surface area contributed by atoms with Gasteiger partial charge in [-0.2, -0.15) is 5.10 Å². The van der Waals surface area contributed by atoms with Crippen LogP contribution in [-0.4, -0.2) is 28.8 Å². The van der Waals surface area contributed by atoms with Crippen molar-refractivity contribution in [3.63, 3.8) is 0 Å². The molecule has 0 spiro atoms. The topological polar surface area (TPSA) is 76.0 Å². The zero-order valence-electron chi connectivity index (χ0n) is 12.2. The summed E-state index contributed by atoms with van der Waals surface area (Å²) in [6.45, 7) is 3.65. The summed E-state index contributed by atoms with van der Waals surface area (Å²) in [6.07, 6.45) is 5.42. The van der Waals surface area contributed by atoms with Crippen molar-refractivity contribution in [2.75, 3.05) is 18.4 Å². The van der Waals surface area contributed by atoms with Gasteiger partial charge in [-0.05, 0) is 19.3 Å². The fourth-order valence-corrected chi connectivity index (χ4v) is 2.14. The number of amides is 1. The number of hydrogen-bond donors (Lipinski definition) is 2. The minimum Gasteiger partial charge on any atom is -0.381 e. The third kappa shape index (κ3) is 4.46.